The molecule has 2 rings (SSSR count). The lowest BCUT2D eigenvalue weighted by molar-refractivity contribution is 0.412. The Hall–Kier alpha value is -0.730. The van der Waals surface area contributed by atoms with Gasteiger partial charge in [0, 0.05) is 6.04 Å². The fourth-order valence-electron chi connectivity index (χ4n) is 2.00. The number of ether oxygens (including phenoxy) is 1. The monoisotopic (exact) mass is 211 g/mol. The minimum absolute atomic E-state index is 0.143. The Morgan fingerprint density at radius 3 is 3.00 bits per heavy atom. The van der Waals surface area contributed by atoms with Crippen molar-refractivity contribution in [3.05, 3.63) is 28.3 Å². The molecule has 2 N–H and O–H groups in total. The van der Waals surface area contributed by atoms with Crippen LogP contribution < -0.4 is 10.5 Å². The van der Waals surface area contributed by atoms with Crippen LogP contribution in [-0.4, -0.2) is 7.11 Å². The molecule has 1 atom stereocenters. The summed E-state index contributed by atoms with van der Waals surface area (Å²) in [6, 6.07) is 4.10. The first-order valence-corrected chi connectivity index (χ1v) is 5.22. The maximum Gasteiger partial charge on any atom is 0.137 e. The number of benzene rings is 1. The average Bonchev–Trinajstić information content (AvgIpc) is 2.17. The van der Waals surface area contributed by atoms with Gasteiger partial charge in [0.2, 0.25) is 0 Å². The van der Waals surface area contributed by atoms with Crippen molar-refractivity contribution in [1.29, 1.82) is 0 Å². The summed E-state index contributed by atoms with van der Waals surface area (Å²) in [6.45, 7) is 0. The number of nitrogens with two attached hydrogens (primary N) is 1. The van der Waals surface area contributed by atoms with Gasteiger partial charge in [0.25, 0.3) is 0 Å². The Kier molecular flexibility index (Phi) is 2.66. The van der Waals surface area contributed by atoms with Crippen LogP contribution in [-0.2, 0) is 6.42 Å². The summed E-state index contributed by atoms with van der Waals surface area (Å²) in [7, 11) is 1.63. The maximum absolute atomic E-state index is 6.04. The van der Waals surface area contributed by atoms with Crippen molar-refractivity contribution < 1.29 is 4.74 Å². The van der Waals surface area contributed by atoms with Crippen LogP contribution in [0, 0.1) is 0 Å². The summed E-state index contributed by atoms with van der Waals surface area (Å²) in [5, 5.41) is 0.681. The summed E-state index contributed by atoms with van der Waals surface area (Å²) < 4.78 is 5.17. The average molecular weight is 212 g/mol. The van der Waals surface area contributed by atoms with Crippen LogP contribution in [0.25, 0.3) is 0 Å². The molecule has 0 saturated heterocycles. The molecule has 0 heterocycles. The normalized spacial score (nSPS) is 20.4. The van der Waals surface area contributed by atoms with E-state index in [0.717, 1.165) is 25.0 Å². The molecular formula is C11H14ClNO. The molecule has 0 aliphatic heterocycles. The van der Waals surface area contributed by atoms with E-state index in [2.05, 4.69) is 0 Å². The molecule has 1 aromatic carbocycles. The van der Waals surface area contributed by atoms with Crippen molar-refractivity contribution in [3.63, 3.8) is 0 Å². The number of rotatable bonds is 1. The lowest BCUT2D eigenvalue weighted by Gasteiger charge is -2.23. The van der Waals surface area contributed by atoms with Gasteiger partial charge in [0.15, 0.2) is 0 Å². The maximum atomic E-state index is 6.04. The van der Waals surface area contributed by atoms with Gasteiger partial charge in [0.05, 0.1) is 12.1 Å². The zero-order valence-corrected chi connectivity index (χ0v) is 8.97. The first kappa shape index (κ1) is 9.81. The van der Waals surface area contributed by atoms with Gasteiger partial charge in [-0.05, 0) is 42.5 Å². The van der Waals surface area contributed by atoms with E-state index < -0.39 is 0 Å². The van der Waals surface area contributed by atoms with Crippen molar-refractivity contribution in [2.75, 3.05) is 7.11 Å². The Morgan fingerprint density at radius 1 is 1.50 bits per heavy atom. The van der Waals surface area contributed by atoms with Gasteiger partial charge in [-0.25, -0.2) is 0 Å². The number of hydrogen-bond donors (Lipinski definition) is 1. The highest BCUT2D eigenvalue weighted by atomic mass is 35.5. The summed E-state index contributed by atoms with van der Waals surface area (Å²) in [5.41, 5.74) is 8.49. The molecule has 3 heteroatoms. The molecule has 1 aliphatic carbocycles. The predicted octanol–water partition coefficient (Wildman–Crippen LogP) is 2.68. The molecule has 1 aliphatic rings. The fraction of sp³-hybridized carbons (Fsp3) is 0.455. The molecule has 0 bridgehead atoms. The first-order chi connectivity index (χ1) is 6.72. The van der Waals surface area contributed by atoms with E-state index in [-0.39, 0.29) is 6.04 Å². The van der Waals surface area contributed by atoms with E-state index in [1.165, 1.54) is 11.1 Å². The van der Waals surface area contributed by atoms with Crippen LogP contribution in [0.3, 0.4) is 0 Å². The molecule has 0 unspecified atom stereocenters. The molecule has 0 amide bonds. The highest BCUT2D eigenvalue weighted by molar-refractivity contribution is 6.32. The second-order valence-corrected chi connectivity index (χ2v) is 4.09. The third-order valence-electron chi connectivity index (χ3n) is 2.77. The molecule has 1 aromatic rings. The van der Waals surface area contributed by atoms with Crippen molar-refractivity contribution in [3.8, 4) is 5.75 Å². The second-order valence-electron chi connectivity index (χ2n) is 3.68. The third-order valence-corrected chi connectivity index (χ3v) is 3.07. The van der Waals surface area contributed by atoms with Gasteiger partial charge in [-0.3, -0.25) is 0 Å². The topological polar surface area (TPSA) is 35.2 Å². The van der Waals surface area contributed by atoms with E-state index >= 15 is 0 Å². The lowest BCUT2D eigenvalue weighted by Crippen LogP contribution is -2.17. The minimum atomic E-state index is 0.143. The summed E-state index contributed by atoms with van der Waals surface area (Å²) in [4.78, 5) is 0. The van der Waals surface area contributed by atoms with Crippen molar-refractivity contribution >= 4 is 11.6 Å². The Bertz CT molecular complexity index is 351. The van der Waals surface area contributed by atoms with Crippen molar-refractivity contribution in [2.45, 2.75) is 25.3 Å². The van der Waals surface area contributed by atoms with E-state index in [1.807, 2.05) is 12.1 Å². The fourth-order valence-corrected chi connectivity index (χ4v) is 2.26. The number of fused-ring (bicyclic) bond motifs is 1. The van der Waals surface area contributed by atoms with E-state index in [4.69, 9.17) is 22.1 Å². The molecule has 0 spiro atoms. The summed E-state index contributed by atoms with van der Waals surface area (Å²) in [5.74, 6) is 0.725. The third kappa shape index (κ3) is 1.60. The quantitative estimate of drug-likeness (QED) is 0.775. The van der Waals surface area contributed by atoms with Gasteiger partial charge < -0.3 is 10.5 Å². The van der Waals surface area contributed by atoms with Crippen LogP contribution >= 0.6 is 11.6 Å². The van der Waals surface area contributed by atoms with Gasteiger partial charge in [0.1, 0.15) is 5.75 Å². The molecular weight excluding hydrogens is 198 g/mol. The van der Waals surface area contributed by atoms with Gasteiger partial charge >= 0.3 is 0 Å². The van der Waals surface area contributed by atoms with E-state index in [1.54, 1.807) is 7.11 Å². The molecule has 0 fully saturated rings. The summed E-state index contributed by atoms with van der Waals surface area (Å²) >= 11 is 6.04. The van der Waals surface area contributed by atoms with Crippen LogP contribution in [0.15, 0.2) is 12.1 Å². The molecule has 14 heavy (non-hydrogen) atoms. The highest BCUT2D eigenvalue weighted by Crippen LogP contribution is 2.35. The predicted molar refractivity (Wildman–Crippen MR) is 57.9 cm³/mol. The molecule has 2 nitrogen and oxygen atoms in total. The minimum Gasteiger partial charge on any atom is -0.495 e. The number of aryl methyl sites for hydroxylation is 1. The standard InChI is InChI=1S/C11H14ClNO/c1-14-11-6-8-7(5-9(11)12)3-2-4-10(8)13/h5-6,10H,2-4,13H2,1H3/t10-/m0/s1. The molecule has 0 radical (unpaired) electrons. The van der Waals surface area contributed by atoms with E-state index in [9.17, 15) is 0 Å². The van der Waals surface area contributed by atoms with Crippen LogP contribution in [0.1, 0.15) is 30.0 Å². The highest BCUT2D eigenvalue weighted by Gasteiger charge is 2.18. The summed E-state index contributed by atoms with van der Waals surface area (Å²) in [6.07, 6.45) is 3.28. The Balaban J connectivity index is 2.49. The van der Waals surface area contributed by atoms with E-state index in [0.29, 0.717) is 5.02 Å². The van der Waals surface area contributed by atoms with Crippen LogP contribution in [0.2, 0.25) is 5.02 Å². The van der Waals surface area contributed by atoms with Crippen LogP contribution in [0.5, 0.6) is 5.75 Å². The first-order valence-electron chi connectivity index (χ1n) is 4.84. The second kappa shape index (κ2) is 3.79. The number of hydrogen-bond acceptors (Lipinski definition) is 2. The molecule has 0 aromatic heterocycles. The molecule has 0 saturated carbocycles. The van der Waals surface area contributed by atoms with Crippen LogP contribution in [0.4, 0.5) is 0 Å². The van der Waals surface area contributed by atoms with Gasteiger partial charge in [-0.1, -0.05) is 11.6 Å². The van der Waals surface area contributed by atoms with Crippen molar-refractivity contribution in [1.82, 2.24) is 0 Å². The van der Waals surface area contributed by atoms with Gasteiger partial charge in [-0.2, -0.15) is 0 Å². The number of methoxy groups -OCH3 is 1. The van der Waals surface area contributed by atoms with Gasteiger partial charge in [-0.15, -0.1) is 0 Å². The van der Waals surface area contributed by atoms with Crippen molar-refractivity contribution in [2.24, 2.45) is 5.73 Å². The zero-order chi connectivity index (χ0) is 10.1. The smallest absolute Gasteiger partial charge is 0.137 e. The molecule has 76 valence electrons. The number of halogens is 1. The lowest BCUT2D eigenvalue weighted by atomic mass is 9.88. The Morgan fingerprint density at radius 2 is 2.29 bits per heavy atom. The SMILES string of the molecule is COc1cc2c(cc1Cl)CCC[C@@H]2N. The largest absolute Gasteiger partial charge is 0.495 e. The zero-order valence-electron chi connectivity index (χ0n) is 8.22. The Labute approximate surface area is 89.0 Å².